The Bertz CT molecular complexity index is 1190. The summed E-state index contributed by atoms with van der Waals surface area (Å²) >= 11 is 1.28. The molecule has 164 valence electrons. The third-order valence-corrected chi connectivity index (χ3v) is 5.80. The monoisotopic (exact) mass is 448 g/mol. The Labute approximate surface area is 191 Å². The van der Waals surface area contributed by atoms with Crippen LogP contribution >= 0.6 is 11.3 Å². The molecule has 0 bridgehead atoms. The van der Waals surface area contributed by atoms with E-state index >= 15 is 0 Å². The van der Waals surface area contributed by atoms with Crippen LogP contribution in [-0.4, -0.2) is 23.2 Å². The first-order valence-corrected chi connectivity index (χ1v) is 10.9. The number of methoxy groups -OCH3 is 1. The van der Waals surface area contributed by atoms with Gasteiger partial charge in [-0.05, 0) is 60.7 Å². The van der Waals surface area contributed by atoms with Gasteiger partial charge in [0.15, 0.2) is 11.5 Å². The molecular formula is C24H24N4O3S. The summed E-state index contributed by atoms with van der Waals surface area (Å²) in [7, 11) is 1.55. The Morgan fingerprint density at radius 1 is 1.16 bits per heavy atom. The second kappa shape index (κ2) is 10.6. The second-order valence-corrected chi connectivity index (χ2v) is 8.16. The Balaban J connectivity index is 1.74. The van der Waals surface area contributed by atoms with Crippen LogP contribution < -0.4 is 14.8 Å². The molecule has 32 heavy (non-hydrogen) atoms. The van der Waals surface area contributed by atoms with E-state index in [0.717, 1.165) is 17.0 Å². The minimum atomic E-state index is -0.541. The molecule has 0 saturated heterocycles. The van der Waals surface area contributed by atoms with Crippen molar-refractivity contribution in [2.45, 2.75) is 33.8 Å². The lowest BCUT2D eigenvalue weighted by atomic mass is 10.1. The molecule has 0 radical (unpaired) electrons. The van der Waals surface area contributed by atoms with Crippen LogP contribution in [0.25, 0.3) is 6.08 Å². The molecule has 0 saturated carbocycles. The number of nitrogens with one attached hydrogen (secondary N) is 1. The highest BCUT2D eigenvalue weighted by Gasteiger charge is 2.13. The summed E-state index contributed by atoms with van der Waals surface area (Å²) in [6, 6.07) is 13.4. The topological polar surface area (TPSA) is 97.1 Å². The predicted octanol–water partition coefficient (Wildman–Crippen LogP) is 4.85. The van der Waals surface area contributed by atoms with Crippen molar-refractivity contribution in [2.24, 2.45) is 0 Å². The van der Waals surface area contributed by atoms with Crippen molar-refractivity contribution >= 4 is 28.5 Å². The summed E-state index contributed by atoms with van der Waals surface area (Å²) in [4.78, 5) is 12.5. The van der Waals surface area contributed by atoms with E-state index < -0.39 is 5.91 Å². The van der Waals surface area contributed by atoms with E-state index in [1.165, 1.54) is 28.5 Å². The number of aromatic nitrogens is 2. The molecule has 7 nitrogen and oxygen atoms in total. The number of rotatable bonds is 8. The average molecular weight is 449 g/mol. The second-order valence-electron chi connectivity index (χ2n) is 7.10. The number of aryl methyl sites for hydroxylation is 3. The van der Waals surface area contributed by atoms with Crippen LogP contribution in [-0.2, 0) is 17.8 Å². The zero-order chi connectivity index (χ0) is 23.1. The van der Waals surface area contributed by atoms with Crippen molar-refractivity contribution in [3.05, 3.63) is 69.2 Å². The Kier molecular flexibility index (Phi) is 7.58. The number of nitriles is 1. The lowest BCUT2D eigenvalue weighted by molar-refractivity contribution is -0.112. The van der Waals surface area contributed by atoms with Crippen LogP contribution in [0.15, 0.2) is 42.0 Å². The molecule has 3 rings (SSSR count). The van der Waals surface area contributed by atoms with Crippen LogP contribution in [0.3, 0.4) is 0 Å². The van der Waals surface area contributed by atoms with E-state index in [4.69, 9.17) is 9.47 Å². The first-order valence-electron chi connectivity index (χ1n) is 10.1. The first-order chi connectivity index (χ1) is 15.4. The number of anilines is 1. The standard InChI is InChI=1S/C24H24N4O3S/c1-5-22-27-28-24(32-22)26-23(29)19(13-25)11-17-8-9-20(21(12-17)30-4)31-14-18-7-6-15(2)16(3)10-18/h6-12H,5,14H2,1-4H3,(H,26,28,29). The van der Waals surface area contributed by atoms with Crippen molar-refractivity contribution < 1.29 is 14.3 Å². The fraction of sp³-hybridized carbons (Fsp3) is 0.250. The SMILES string of the molecule is CCc1nnc(NC(=O)C(C#N)=Cc2ccc(OCc3ccc(C)c(C)c3)c(OC)c2)s1. The van der Waals surface area contributed by atoms with Gasteiger partial charge >= 0.3 is 0 Å². The minimum Gasteiger partial charge on any atom is -0.493 e. The largest absolute Gasteiger partial charge is 0.493 e. The Morgan fingerprint density at radius 3 is 2.62 bits per heavy atom. The zero-order valence-corrected chi connectivity index (χ0v) is 19.2. The molecule has 1 amide bonds. The normalized spacial score (nSPS) is 11.0. The van der Waals surface area contributed by atoms with Crippen LogP contribution in [0.4, 0.5) is 5.13 Å². The van der Waals surface area contributed by atoms with Gasteiger partial charge in [0.05, 0.1) is 7.11 Å². The number of hydrogen-bond donors (Lipinski definition) is 1. The van der Waals surface area contributed by atoms with Gasteiger partial charge in [-0.2, -0.15) is 5.26 Å². The minimum absolute atomic E-state index is 0.0518. The molecule has 1 heterocycles. The van der Waals surface area contributed by atoms with Gasteiger partial charge < -0.3 is 9.47 Å². The van der Waals surface area contributed by atoms with Crippen molar-refractivity contribution in [2.75, 3.05) is 12.4 Å². The third-order valence-electron chi connectivity index (χ3n) is 4.82. The molecule has 0 aliphatic rings. The molecular weight excluding hydrogens is 424 g/mol. The molecule has 8 heteroatoms. The molecule has 1 N–H and O–H groups in total. The van der Waals surface area contributed by atoms with Crippen LogP contribution in [0.5, 0.6) is 11.5 Å². The summed E-state index contributed by atoms with van der Waals surface area (Å²) in [5.41, 5.74) is 4.09. The van der Waals surface area contributed by atoms with E-state index in [-0.39, 0.29) is 5.57 Å². The van der Waals surface area contributed by atoms with Crippen molar-refractivity contribution in [3.63, 3.8) is 0 Å². The van der Waals surface area contributed by atoms with Gasteiger partial charge in [0.25, 0.3) is 5.91 Å². The number of carbonyl (C=O) groups is 1. The average Bonchev–Trinajstić information content (AvgIpc) is 3.25. The molecule has 0 aliphatic heterocycles. The third kappa shape index (κ3) is 5.71. The predicted molar refractivity (Wildman–Crippen MR) is 125 cm³/mol. The Morgan fingerprint density at radius 2 is 1.97 bits per heavy atom. The molecule has 2 aromatic carbocycles. The maximum absolute atomic E-state index is 12.5. The first kappa shape index (κ1) is 23.0. The summed E-state index contributed by atoms with van der Waals surface area (Å²) in [6.07, 6.45) is 2.22. The van der Waals surface area contributed by atoms with Crippen molar-refractivity contribution in [1.29, 1.82) is 5.26 Å². The maximum atomic E-state index is 12.5. The number of hydrogen-bond acceptors (Lipinski definition) is 7. The number of ether oxygens (including phenoxy) is 2. The number of benzene rings is 2. The maximum Gasteiger partial charge on any atom is 0.268 e. The van der Waals surface area contributed by atoms with Crippen LogP contribution in [0.2, 0.25) is 0 Å². The molecule has 3 aromatic rings. The van der Waals surface area contributed by atoms with Crippen LogP contribution in [0.1, 0.15) is 34.2 Å². The van der Waals surface area contributed by atoms with Gasteiger partial charge in [-0.1, -0.05) is 42.5 Å². The van der Waals surface area contributed by atoms with Gasteiger partial charge in [-0.15, -0.1) is 10.2 Å². The highest BCUT2D eigenvalue weighted by Crippen LogP contribution is 2.30. The van der Waals surface area contributed by atoms with Gasteiger partial charge in [-0.25, -0.2) is 0 Å². The van der Waals surface area contributed by atoms with E-state index in [1.54, 1.807) is 25.3 Å². The van der Waals surface area contributed by atoms with Crippen molar-refractivity contribution in [3.8, 4) is 17.6 Å². The highest BCUT2D eigenvalue weighted by molar-refractivity contribution is 7.15. The molecule has 0 aliphatic carbocycles. The summed E-state index contributed by atoms with van der Waals surface area (Å²) in [5, 5.41) is 21.1. The zero-order valence-electron chi connectivity index (χ0n) is 18.4. The molecule has 0 spiro atoms. The van der Waals surface area contributed by atoms with E-state index in [0.29, 0.717) is 28.8 Å². The summed E-state index contributed by atoms with van der Waals surface area (Å²) in [5.74, 6) is 0.545. The van der Waals surface area contributed by atoms with Gasteiger partial charge in [-0.3, -0.25) is 10.1 Å². The number of nitrogens with zero attached hydrogens (tertiary/aromatic N) is 3. The van der Waals surface area contributed by atoms with E-state index in [1.807, 2.05) is 19.1 Å². The van der Waals surface area contributed by atoms with E-state index in [9.17, 15) is 10.1 Å². The molecule has 0 unspecified atom stereocenters. The smallest absolute Gasteiger partial charge is 0.268 e. The molecule has 1 aromatic heterocycles. The lowest BCUT2D eigenvalue weighted by Gasteiger charge is -2.12. The summed E-state index contributed by atoms with van der Waals surface area (Å²) in [6.45, 7) is 6.49. The quantitative estimate of drug-likeness (QED) is 0.391. The highest BCUT2D eigenvalue weighted by atomic mass is 32.1. The van der Waals surface area contributed by atoms with Gasteiger partial charge in [0.2, 0.25) is 5.13 Å². The summed E-state index contributed by atoms with van der Waals surface area (Å²) < 4.78 is 11.4. The fourth-order valence-corrected chi connectivity index (χ4v) is 3.55. The fourth-order valence-electron chi connectivity index (χ4n) is 2.87. The van der Waals surface area contributed by atoms with Gasteiger partial charge in [0, 0.05) is 0 Å². The number of amides is 1. The Hall–Kier alpha value is -3.70. The van der Waals surface area contributed by atoms with Crippen LogP contribution in [0, 0.1) is 25.2 Å². The number of carbonyl (C=O) groups excluding carboxylic acids is 1. The van der Waals surface area contributed by atoms with E-state index in [2.05, 4.69) is 41.5 Å². The lowest BCUT2D eigenvalue weighted by Crippen LogP contribution is -2.13. The molecule has 0 fully saturated rings. The van der Waals surface area contributed by atoms with Gasteiger partial charge in [0.1, 0.15) is 23.3 Å². The molecule has 0 atom stereocenters. The van der Waals surface area contributed by atoms with Crippen molar-refractivity contribution in [1.82, 2.24) is 10.2 Å².